The van der Waals surface area contributed by atoms with Gasteiger partial charge in [0.1, 0.15) is 16.4 Å². The van der Waals surface area contributed by atoms with Gasteiger partial charge in [0.15, 0.2) is 0 Å². The zero-order valence-corrected chi connectivity index (χ0v) is 18.6. The summed E-state index contributed by atoms with van der Waals surface area (Å²) >= 11 is 1.34. The van der Waals surface area contributed by atoms with Crippen molar-refractivity contribution in [2.75, 3.05) is 18.1 Å². The fourth-order valence-electron chi connectivity index (χ4n) is 4.07. The van der Waals surface area contributed by atoms with E-state index in [0.29, 0.717) is 34.8 Å². The second kappa shape index (κ2) is 8.60. The minimum absolute atomic E-state index is 0.00573. The number of rotatable bonds is 5. The van der Waals surface area contributed by atoms with E-state index < -0.39 is 0 Å². The molecule has 0 atom stereocenters. The molecule has 0 fully saturated rings. The molecule has 0 radical (unpaired) electrons. The van der Waals surface area contributed by atoms with E-state index in [1.807, 2.05) is 49.6 Å². The summed E-state index contributed by atoms with van der Waals surface area (Å²) in [6.45, 7) is 7.60. The number of hydrogen-bond donors (Lipinski definition) is 0. The molecule has 0 spiro atoms. The molecule has 0 unspecified atom stereocenters. The van der Waals surface area contributed by atoms with E-state index in [2.05, 4.69) is 0 Å². The molecule has 1 aliphatic heterocycles. The van der Waals surface area contributed by atoms with Gasteiger partial charge < -0.3 is 9.64 Å². The largest absolute Gasteiger partial charge is 0.494 e. The predicted octanol–water partition coefficient (Wildman–Crippen LogP) is 4.56. The van der Waals surface area contributed by atoms with E-state index in [1.54, 1.807) is 4.90 Å². The summed E-state index contributed by atoms with van der Waals surface area (Å²) in [7, 11) is 0. The molecule has 158 valence electrons. The minimum atomic E-state index is -0.0956. The molecule has 7 heteroatoms. The standard InChI is InChI=1S/C23H27N3O3S/c1-4-25(16-10-12-17(13-11-16)29-5-2)23(28)20-15(3)19-21(30-20)24-18-9-7-6-8-14-26(18)22(19)27/h10-13H,4-9,14H2,1-3H3. The number of thiophene rings is 1. The van der Waals surface area contributed by atoms with Gasteiger partial charge in [-0.05, 0) is 63.4 Å². The van der Waals surface area contributed by atoms with Gasteiger partial charge in [0.2, 0.25) is 0 Å². The van der Waals surface area contributed by atoms with Crippen molar-refractivity contribution in [2.24, 2.45) is 0 Å². The third-order valence-electron chi connectivity index (χ3n) is 5.63. The number of carbonyl (C=O) groups is 1. The van der Waals surface area contributed by atoms with Crippen molar-refractivity contribution >= 4 is 33.1 Å². The molecule has 0 N–H and O–H groups in total. The van der Waals surface area contributed by atoms with Crippen LogP contribution in [0.1, 0.15) is 54.2 Å². The molecular formula is C23H27N3O3S. The Bertz CT molecular complexity index is 1130. The van der Waals surface area contributed by atoms with Crippen LogP contribution < -0.4 is 15.2 Å². The molecular weight excluding hydrogens is 398 g/mol. The van der Waals surface area contributed by atoms with Gasteiger partial charge in [-0.2, -0.15) is 0 Å². The van der Waals surface area contributed by atoms with Crippen LogP contribution in [0.3, 0.4) is 0 Å². The molecule has 4 rings (SSSR count). The molecule has 1 aromatic carbocycles. The number of benzene rings is 1. The second-order valence-electron chi connectivity index (χ2n) is 7.51. The van der Waals surface area contributed by atoms with Gasteiger partial charge >= 0.3 is 0 Å². The Morgan fingerprint density at radius 3 is 2.67 bits per heavy atom. The Labute approximate surface area is 180 Å². The predicted molar refractivity (Wildman–Crippen MR) is 121 cm³/mol. The van der Waals surface area contributed by atoms with E-state index in [4.69, 9.17) is 9.72 Å². The van der Waals surface area contributed by atoms with Crippen molar-refractivity contribution in [2.45, 2.75) is 53.0 Å². The van der Waals surface area contributed by atoms with Gasteiger partial charge in [-0.15, -0.1) is 11.3 Å². The number of carbonyl (C=O) groups excluding carboxylic acids is 1. The number of amides is 1. The number of aromatic nitrogens is 2. The number of ether oxygens (including phenoxy) is 1. The maximum atomic E-state index is 13.4. The van der Waals surface area contributed by atoms with E-state index in [1.165, 1.54) is 11.3 Å². The summed E-state index contributed by atoms with van der Waals surface area (Å²) in [6.07, 6.45) is 3.98. The first-order chi connectivity index (χ1) is 14.5. The molecule has 3 aromatic rings. The first-order valence-corrected chi connectivity index (χ1v) is 11.4. The topological polar surface area (TPSA) is 64.4 Å². The van der Waals surface area contributed by atoms with Crippen molar-refractivity contribution in [1.82, 2.24) is 9.55 Å². The number of aryl methyl sites for hydroxylation is 2. The molecule has 1 amide bonds. The Morgan fingerprint density at radius 2 is 1.97 bits per heavy atom. The lowest BCUT2D eigenvalue weighted by Crippen LogP contribution is -2.30. The van der Waals surface area contributed by atoms with Gasteiger partial charge in [0.25, 0.3) is 11.5 Å². The molecule has 30 heavy (non-hydrogen) atoms. The summed E-state index contributed by atoms with van der Waals surface area (Å²) in [4.78, 5) is 34.4. The van der Waals surface area contributed by atoms with Crippen LogP contribution in [0.5, 0.6) is 5.75 Å². The Hall–Kier alpha value is -2.67. The maximum Gasteiger partial charge on any atom is 0.268 e. The Morgan fingerprint density at radius 1 is 1.20 bits per heavy atom. The zero-order valence-electron chi connectivity index (χ0n) is 17.7. The lowest BCUT2D eigenvalue weighted by Gasteiger charge is -2.21. The lowest BCUT2D eigenvalue weighted by atomic mass is 10.2. The fraction of sp³-hybridized carbons (Fsp3) is 0.435. The first kappa shape index (κ1) is 20.6. The van der Waals surface area contributed by atoms with E-state index >= 15 is 0 Å². The van der Waals surface area contributed by atoms with Gasteiger partial charge in [-0.1, -0.05) is 6.42 Å². The molecule has 0 saturated heterocycles. The minimum Gasteiger partial charge on any atom is -0.494 e. The van der Waals surface area contributed by atoms with Crippen LogP contribution in [-0.4, -0.2) is 28.6 Å². The van der Waals surface area contributed by atoms with Crippen LogP contribution in [0, 0.1) is 6.92 Å². The fourth-order valence-corrected chi connectivity index (χ4v) is 5.21. The Kier molecular flexibility index (Phi) is 5.90. The quantitative estimate of drug-likeness (QED) is 0.601. The summed E-state index contributed by atoms with van der Waals surface area (Å²) < 4.78 is 7.32. The van der Waals surface area contributed by atoms with Crippen molar-refractivity contribution in [3.05, 3.63) is 50.9 Å². The van der Waals surface area contributed by atoms with Crippen molar-refractivity contribution < 1.29 is 9.53 Å². The van der Waals surface area contributed by atoms with Crippen LogP contribution in [0.25, 0.3) is 10.2 Å². The smallest absolute Gasteiger partial charge is 0.268 e. The first-order valence-electron chi connectivity index (χ1n) is 10.6. The molecule has 0 saturated carbocycles. The van der Waals surface area contributed by atoms with Gasteiger partial charge in [-0.25, -0.2) is 4.98 Å². The number of nitrogens with zero attached hydrogens (tertiary/aromatic N) is 3. The summed E-state index contributed by atoms with van der Waals surface area (Å²) in [5, 5.41) is 0.594. The maximum absolute atomic E-state index is 13.4. The van der Waals surface area contributed by atoms with Crippen molar-refractivity contribution in [3.8, 4) is 5.75 Å². The van der Waals surface area contributed by atoms with Gasteiger partial charge in [0.05, 0.1) is 16.9 Å². The normalized spacial score (nSPS) is 13.7. The third-order valence-corrected chi connectivity index (χ3v) is 6.80. The van der Waals surface area contributed by atoms with Crippen LogP contribution >= 0.6 is 11.3 Å². The van der Waals surface area contributed by atoms with Crippen LogP contribution in [0.15, 0.2) is 29.1 Å². The molecule has 2 aromatic heterocycles. The average Bonchev–Trinajstić information content (AvgIpc) is 2.91. The molecule has 6 nitrogen and oxygen atoms in total. The second-order valence-corrected chi connectivity index (χ2v) is 8.51. The van der Waals surface area contributed by atoms with Crippen LogP contribution in [0.4, 0.5) is 5.69 Å². The molecule has 3 heterocycles. The molecule has 0 bridgehead atoms. The number of hydrogen-bond acceptors (Lipinski definition) is 5. The van der Waals surface area contributed by atoms with Crippen molar-refractivity contribution in [3.63, 3.8) is 0 Å². The highest BCUT2D eigenvalue weighted by Gasteiger charge is 2.25. The highest BCUT2D eigenvalue weighted by molar-refractivity contribution is 7.20. The molecule has 1 aliphatic rings. The lowest BCUT2D eigenvalue weighted by molar-refractivity contribution is 0.0991. The van der Waals surface area contributed by atoms with Gasteiger partial charge in [-0.3, -0.25) is 14.2 Å². The zero-order chi connectivity index (χ0) is 21.3. The summed E-state index contributed by atoms with van der Waals surface area (Å²) in [5.74, 6) is 1.53. The van der Waals surface area contributed by atoms with E-state index in [-0.39, 0.29) is 11.5 Å². The highest BCUT2D eigenvalue weighted by atomic mass is 32.1. The number of anilines is 1. The number of fused-ring (bicyclic) bond motifs is 2. The monoisotopic (exact) mass is 425 g/mol. The molecule has 0 aliphatic carbocycles. The summed E-state index contributed by atoms with van der Waals surface area (Å²) in [6, 6.07) is 7.53. The van der Waals surface area contributed by atoms with Crippen LogP contribution in [-0.2, 0) is 13.0 Å². The van der Waals surface area contributed by atoms with E-state index in [9.17, 15) is 9.59 Å². The van der Waals surface area contributed by atoms with Crippen molar-refractivity contribution in [1.29, 1.82) is 0 Å². The Balaban J connectivity index is 1.74. The SMILES string of the molecule is CCOc1ccc(N(CC)C(=O)c2sc3nc4n(c(=O)c3c2C)CCCCC4)cc1. The average molecular weight is 426 g/mol. The summed E-state index contributed by atoms with van der Waals surface area (Å²) in [5.41, 5.74) is 1.54. The van der Waals surface area contributed by atoms with Crippen LogP contribution in [0.2, 0.25) is 0 Å². The highest BCUT2D eigenvalue weighted by Crippen LogP contribution is 2.31. The van der Waals surface area contributed by atoms with E-state index in [0.717, 1.165) is 48.5 Å². The third kappa shape index (κ3) is 3.62. The van der Waals surface area contributed by atoms with Gasteiger partial charge in [0, 0.05) is 25.2 Å².